The van der Waals surface area contributed by atoms with Crippen LogP contribution in [0.1, 0.15) is 60.8 Å². The average molecular weight is 570 g/mol. The number of benzene rings is 1. The fraction of sp³-hybridized carbons (Fsp3) is 0.500. The van der Waals surface area contributed by atoms with Crippen LogP contribution in [0.25, 0.3) is 0 Å². The molecule has 4 rings (SSSR count). The van der Waals surface area contributed by atoms with Gasteiger partial charge in [-0.1, -0.05) is 25.2 Å². The molecule has 0 saturated carbocycles. The summed E-state index contributed by atoms with van der Waals surface area (Å²) in [6.07, 6.45) is 0.106. The molecule has 1 aliphatic heterocycles. The summed E-state index contributed by atoms with van der Waals surface area (Å²) >= 11 is 0. The molecule has 2 heterocycles. The Balaban J connectivity index is 1.62. The second-order valence-corrected chi connectivity index (χ2v) is 9.78. The van der Waals surface area contributed by atoms with Crippen molar-refractivity contribution < 1.29 is 41.0 Å². The first-order valence-corrected chi connectivity index (χ1v) is 13.1. The zero-order valence-corrected chi connectivity index (χ0v) is 22.5. The van der Waals surface area contributed by atoms with Gasteiger partial charge in [0.15, 0.2) is 0 Å². The maximum atomic E-state index is 14.1. The first-order valence-electron chi connectivity index (χ1n) is 13.1. The average Bonchev–Trinajstić information content (AvgIpc) is 3.38. The third kappa shape index (κ3) is 6.48. The quantitative estimate of drug-likeness (QED) is 0.258. The first-order chi connectivity index (χ1) is 19.0. The van der Waals surface area contributed by atoms with Gasteiger partial charge in [-0.3, -0.25) is 4.68 Å². The van der Waals surface area contributed by atoms with Crippen LogP contribution in [-0.4, -0.2) is 55.3 Å². The van der Waals surface area contributed by atoms with Crippen molar-refractivity contribution in [2.75, 3.05) is 38.3 Å². The maximum Gasteiger partial charge on any atom is 0.416 e. The van der Waals surface area contributed by atoms with Crippen molar-refractivity contribution in [3.8, 4) is 5.75 Å². The highest BCUT2D eigenvalue weighted by molar-refractivity contribution is 5.90. The lowest BCUT2D eigenvalue weighted by Crippen LogP contribution is -2.38. The molecule has 3 atom stereocenters. The van der Waals surface area contributed by atoms with E-state index >= 15 is 0 Å². The number of aromatic nitrogens is 2. The van der Waals surface area contributed by atoms with Crippen molar-refractivity contribution in [3.05, 3.63) is 65.0 Å². The second-order valence-electron chi connectivity index (χ2n) is 9.78. The van der Waals surface area contributed by atoms with Crippen LogP contribution in [0.4, 0.5) is 27.6 Å². The summed E-state index contributed by atoms with van der Waals surface area (Å²) in [5.74, 6) is -0.560. The fourth-order valence-corrected chi connectivity index (χ4v) is 5.11. The van der Waals surface area contributed by atoms with Gasteiger partial charge < -0.3 is 19.1 Å². The largest absolute Gasteiger partial charge is 0.487 e. The maximum absolute atomic E-state index is 14.1. The molecule has 7 nitrogen and oxygen atoms in total. The van der Waals surface area contributed by atoms with Crippen molar-refractivity contribution in [2.45, 2.75) is 51.4 Å². The molecule has 1 aliphatic carbocycles. The summed E-state index contributed by atoms with van der Waals surface area (Å²) in [5.41, 5.74) is -0.671. The molecule has 1 saturated heterocycles. The van der Waals surface area contributed by atoms with E-state index < -0.39 is 35.9 Å². The summed E-state index contributed by atoms with van der Waals surface area (Å²) in [6.45, 7) is 4.18. The molecular weight excluding hydrogens is 537 g/mol. The van der Waals surface area contributed by atoms with Gasteiger partial charge in [-0.05, 0) is 43.5 Å². The van der Waals surface area contributed by atoms with E-state index in [4.69, 9.17) is 14.2 Å². The van der Waals surface area contributed by atoms with Crippen LogP contribution in [0.2, 0.25) is 0 Å². The van der Waals surface area contributed by atoms with Gasteiger partial charge in [0, 0.05) is 26.1 Å². The Morgan fingerprint density at radius 1 is 1.25 bits per heavy atom. The molecule has 3 unspecified atom stereocenters. The fourth-order valence-electron chi connectivity index (χ4n) is 5.11. The molecule has 0 amide bonds. The summed E-state index contributed by atoms with van der Waals surface area (Å²) in [5, 5.41) is 4.06. The number of hydrogen-bond donors (Lipinski definition) is 0. The van der Waals surface area contributed by atoms with Crippen LogP contribution < -0.4 is 9.64 Å². The lowest BCUT2D eigenvalue weighted by molar-refractivity contribution is -0.137. The van der Waals surface area contributed by atoms with E-state index in [2.05, 4.69) is 5.10 Å². The van der Waals surface area contributed by atoms with Crippen molar-refractivity contribution in [1.82, 2.24) is 9.78 Å². The van der Waals surface area contributed by atoms with Crippen molar-refractivity contribution in [2.24, 2.45) is 5.92 Å². The Hall–Kier alpha value is -3.41. The molecule has 218 valence electrons. The highest BCUT2D eigenvalue weighted by Gasteiger charge is 2.35. The highest BCUT2D eigenvalue weighted by Crippen LogP contribution is 2.40. The van der Waals surface area contributed by atoms with Crippen LogP contribution in [0.3, 0.4) is 0 Å². The molecule has 0 spiro atoms. The van der Waals surface area contributed by atoms with Gasteiger partial charge in [0.25, 0.3) is 6.43 Å². The number of carbonyl (C=O) groups is 1. The molecule has 1 aromatic heterocycles. The zero-order valence-electron chi connectivity index (χ0n) is 22.5. The Morgan fingerprint density at radius 3 is 2.67 bits per heavy atom. The third-order valence-corrected chi connectivity index (χ3v) is 7.07. The summed E-state index contributed by atoms with van der Waals surface area (Å²) in [6, 6.07) is 2.66. The van der Waals surface area contributed by atoms with Crippen LogP contribution in [0.5, 0.6) is 5.75 Å². The molecule has 40 heavy (non-hydrogen) atoms. The number of methoxy groups -OCH3 is 1. The first kappa shape index (κ1) is 29.6. The molecule has 2 aliphatic rings. The standard InChI is InChI=1S/C28H32F5N3O4/c1-4-39-27(37)21-14-34-36(25(21)26(29)30)20-6-5-11-35(15-20)22-13-19(28(31,32)33)8-10-24(22)40-16-18-7-9-23(38-3)17(2)12-18/h7-10,12-14,17,20,23,26H,4-6,11,15-16H2,1-3H3. The topological polar surface area (TPSA) is 65.8 Å². The number of alkyl halides is 5. The predicted octanol–water partition coefficient (Wildman–Crippen LogP) is 6.38. The van der Waals surface area contributed by atoms with Gasteiger partial charge in [-0.2, -0.15) is 18.3 Å². The number of rotatable bonds is 9. The number of anilines is 1. The number of halogens is 5. The Bertz CT molecular complexity index is 1260. The molecule has 0 N–H and O–H groups in total. The molecule has 1 fully saturated rings. The van der Waals surface area contributed by atoms with E-state index in [1.807, 2.05) is 25.2 Å². The zero-order chi connectivity index (χ0) is 29.0. The summed E-state index contributed by atoms with van der Waals surface area (Å²) in [7, 11) is 1.62. The van der Waals surface area contributed by atoms with E-state index in [-0.39, 0.29) is 48.8 Å². The number of esters is 1. The van der Waals surface area contributed by atoms with Gasteiger partial charge in [0.1, 0.15) is 23.6 Å². The highest BCUT2D eigenvalue weighted by atomic mass is 19.4. The Kier molecular flexibility index (Phi) is 9.17. The van der Waals surface area contributed by atoms with Gasteiger partial charge in [-0.15, -0.1) is 0 Å². The van der Waals surface area contributed by atoms with Crippen molar-refractivity contribution in [3.63, 3.8) is 0 Å². The van der Waals surface area contributed by atoms with Crippen LogP contribution in [0, 0.1) is 5.92 Å². The lowest BCUT2D eigenvalue weighted by Gasteiger charge is -2.36. The van der Waals surface area contributed by atoms with Crippen molar-refractivity contribution >= 4 is 11.7 Å². The molecule has 0 bridgehead atoms. The summed E-state index contributed by atoms with van der Waals surface area (Å²) < 4.78 is 86.4. The molecule has 0 radical (unpaired) electrons. The minimum Gasteiger partial charge on any atom is -0.487 e. The van der Waals surface area contributed by atoms with E-state index in [1.54, 1.807) is 18.9 Å². The monoisotopic (exact) mass is 569 g/mol. The Labute approximate surface area is 229 Å². The van der Waals surface area contributed by atoms with Crippen LogP contribution >= 0.6 is 0 Å². The smallest absolute Gasteiger partial charge is 0.416 e. The van der Waals surface area contributed by atoms with Gasteiger partial charge in [-0.25, -0.2) is 13.6 Å². The van der Waals surface area contributed by atoms with E-state index in [1.165, 1.54) is 6.07 Å². The predicted molar refractivity (Wildman–Crippen MR) is 138 cm³/mol. The third-order valence-electron chi connectivity index (χ3n) is 7.07. The van der Waals surface area contributed by atoms with E-state index in [0.717, 1.165) is 28.6 Å². The SMILES string of the molecule is CCOC(=O)c1cnn(C2CCCN(c3cc(C(F)(F)F)ccc3OCC3=CC(C)C(OC)C=C3)C2)c1C(F)F. The molecule has 12 heteroatoms. The lowest BCUT2D eigenvalue weighted by atomic mass is 9.95. The summed E-state index contributed by atoms with van der Waals surface area (Å²) in [4.78, 5) is 13.9. The number of nitrogens with zero attached hydrogens (tertiary/aromatic N) is 3. The molecular formula is C28H32F5N3O4. The number of carbonyl (C=O) groups excluding carboxylic acids is 1. The second kappa shape index (κ2) is 12.4. The normalized spacial score (nSPS) is 21.5. The number of piperidine rings is 1. The molecule has 2 aromatic rings. The minimum absolute atomic E-state index is 0.0147. The number of hydrogen-bond acceptors (Lipinski definition) is 6. The van der Waals surface area contributed by atoms with Crippen LogP contribution in [0.15, 0.2) is 48.2 Å². The van der Waals surface area contributed by atoms with Gasteiger partial charge in [0.05, 0.1) is 36.2 Å². The minimum atomic E-state index is -4.58. The van der Waals surface area contributed by atoms with Crippen LogP contribution in [-0.2, 0) is 15.7 Å². The Morgan fingerprint density at radius 2 is 2.02 bits per heavy atom. The van der Waals surface area contributed by atoms with Gasteiger partial charge in [0.2, 0.25) is 0 Å². The number of ether oxygens (including phenoxy) is 3. The van der Waals surface area contributed by atoms with Gasteiger partial charge >= 0.3 is 12.1 Å². The van der Waals surface area contributed by atoms with Crippen molar-refractivity contribution in [1.29, 1.82) is 0 Å². The molecule has 1 aromatic carbocycles. The van der Waals surface area contributed by atoms with E-state index in [0.29, 0.717) is 19.4 Å². The van der Waals surface area contributed by atoms with E-state index in [9.17, 15) is 26.7 Å².